The summed E-state index contributed by atoms with van der Waals surface area (Å²) in [7, 11) is -2.64. The van der Waals surface area contributed by atoms with E-state index in [1.54, 1.807) is 0 Å². The van der Waals surface area contributed by atoms with Crippen LogP contribution < -0.4 is 0 Å². The zero-order chi connectivity index (χ0) is 14.8. The van der Waals surface area contributed by atoms with Crippen LogP contribution in [0.2, 0.25) is 5.54 Å². The van der Waals surface area contributed by atoms with Crippen molar-refractivity contribution in [3.05, 3.63) is 42.0 Å². The van der Waals surface area contributed by atoms with E-state index in [2.05, 4.69) is 31.2 Å². The number of hydrogen-bond donors (Lipinski definition) is 0. The fraction of sp³-hybridized carbons (Fsp3) is 0.500. The van der Waals surface area contributed by atoms with Gasteiger partial charge in [-0.15, -0.1) is 0 Å². The molecular formula is C16H26O3Si. The molecule has 0 aromatic heterocycles. The molecule has 0 aliphatic rings. The summed E-state index contributed by atoms with van der Waals surface area (Å²) in [5.74, 6) is 0. The quantitative estimate of drug-likeness (QED) is 0.641. The first-order valence-corrected chi connectivity index (χ1v) is 9.13. The lowest BCUT2D eigenvalue weighted by atomic mass is 10.2. The van der Waals surface area contributed by atoms with Crippen LogP contribution in [0.15, 0.2) is 36.4 Å². The largest absolute Gasteiger partial charge is 0.507 e. The van der Waals surface area contributed by atoms with Gasteiger partial charge in [0.1, 0.15) is 0 Å². The summed E-state index contributed by atoms with van der Waals surface area (Å²) < 4.78 is 17.7. The van der Waals surface area contributed by atoms with E-state index in [-0.39, 0.29) is 5.54 Å². The molecule has 0 saturated heterocycles. The number of rotatable bonds is 9. The Kier molecular flexibility index (Phi) is 7.77. The van der Waals surface area contributed by atoms with Crippen LogP contribution in [0.5, 0.6) is 0 Å². The van der Waals surface area contributed by atoms with Crippen LogP contribution >= 0.6 is 0 Å². The fourth-order valence-electron chi connectivity index (χ4n) is 2.06. The molecule has 1 rings (SSSR count). The van der Waals surface area contributed by atoms with Gasteiger partial charge in [-0.1, -0.05) is 49.4 Å². The smallest absolute Gasteiger partial charge is 0.373 e. The summed E-state index contributed by atoms with van der Waals surface area (Å²) in [6, 6.07) is 10.2. The van der Waals surface area contributed by atoms with E-state index in [1.165, 1.54) is 5.56 Å². The van der Waals surface area contributed by atoms with E-state index < -0.39 is 8.80 Å². The van der Waals surface area contributed by atoms with E-state index in [0.29, 0.717) is 19.8 Å². The molecule has 112 valence electrons. The van der Waals surface area contributed by atoms with Gasteiger partial charge in [0, 0.05) is 25.4 Å². The second-order valence-electron chi connectivity index (χ2n) is 4.46. The highest BCUT2D eigenvalue weighted by Gasteiger charge is 2.45. The molecule has 0 fully saturated rings. The monoisotopic (exact) mass is 294 g/mol. The minimum Gasteiger partial charge on any atom is -0.373 e. The van der Waals surface area contributed by atoms with E-state index in [0.717, 1.165) is 0 Å². The second kappa shape index (κ2) is 9.08. The summed E-state index contributed by atoms with van der Waals surface area (Å²) in [6.45, 7) is 9.86. The van der Waals surface area contributed by atoms with Gasteiger partial charge in [0.15, 0.2) is 0 Å². The Hall–Kier alpha value is -0.943. The summed E-state index contributed by atoms with van der Waals surface area (Å²) in [6.07, 6.45) is 4.23. The predicted molar refractivity (Wildman–Crippen MR) is 85.5 cm³/mol. The van der Waals surface area contributed by atoms with Gasteiger partial charge in [-0.3, -0.25) is 0 Å². The van der Waals surface area contributed by atoms with Crippen LogP contribution in [0.3, 0.4) is 0 Å². The first kappa shape index (κ1) is 17.1. The van der Waals surface area contributed by atoms with Crippen LogP contribution in [0, 0.1) is 0 Å². The van der Waals surface area contributed by atoms with Crippen LogP contribution in [0.1, 0.15) is 33.3 Å². The third kappa shape index (κ3) is 4.87. The lowest BCUT2D eigenvalue weighted by molar-refractivity contribution is 0.0667. The minimum atomic E-state index is -2.64. The molecule has 0 heterocycles. The maximum Gasteiger partial charge on any atom is 0.507 e. The Bertz CT molecular complexity index is 375. The Balaban J connectivity index is 2.85. The molecule has 0 bridgehead atoms. The molecular weight excluding hydrogens is 268 g/mol. The van der Waals surface area contributed by atoms with Crippen molar-refractivity contribution in [2.45, 2.75) is 33.2 Å². The van der Waals surface area contributed by atoms with Gasteiger partial charge < -0.3 is 13.3 Å². The van der Waals surface area contributed by atoms with Crippen molar-refractivity contribution in [1.82, 2.24) is 0 Å². The van der Waals surface area contributed by atoms with E-state index in [4.69, 9.17) is 13.3 Å². The molecule has 0 aliphatic carbocycles. The summed E-state index contributed by atoms with van der Waals surface area (Å²) in [5.41, 5.74) is 1.30. The molecule has 0 amide bonds. The Morgan fingerprint density at radius 2 is 1.45 bits per heavy atom. The Labute approximate surface area is 123 Å². The lowest BCUT2D eigenvalue weighted by Crippen LogP contribution is -2.49. The van der Waals surface area contributed by atoms with Gasteiger partial charge in [0.05, 0.1) is 0 Å². The maximum atomic E-state index is 5.90. The molecule has 0 unspecified atom stereocenters. The topological polar surface area (TPSA) is 27.7 Å². The van der Waals surface area contributed by atoms with Gasteiger partial charge in [-0.25, -0.2) is 0 Å². The summed E-state index contributed by atoms with van der Waals surface area (Å²) >= 11 is 0. The zero-order valence-corrected chi connectivity index (χ0v) is 14.0. The molecule has 4 heteroatoms. The van der Waals surface area contributed by atoms with Crippen LogP contribution in [-0.2, 0) is 13.3 Å². The van der Waals surface area contributed by atoms with Crippen LogP contribution in [0.25, 0.3) is 6.08 Å². The standard InChI is InChI=1S/C16H26O3Si/c1-5-17-20(18-6-2,19-7-3)15(4)13-14-16-11-9-8-10-12-16/h8-15H,5-7H2,1-4H3/b14-13+/t15-/m1/s1. The first-order valence-electron chi connectivity index (χ1n) is 7.33. The van der Waals surface area contributed by atoms with Gasteiger partial charge in [0.25, 0.3) is 0 Å². The summed E-state index contributed by atoms with van der Waals surface area (Å²) in [4.78, 5) is 0. The fourth-order valence-corrected chi connectivity index (χ4v) is 4.64. The maximum absolute atomic E-state index is 5.90. The number of allylic oxidation sites excluding steroid dienone is 1. The zero-order valence-electron chi connectivity index (χ0n) is 13.0. The van der Waals surface area contributed by atoms with Crippen molar-refractivity contribution in [3.63, 3.8) is 0 Å². The van der Waals surface area contributed by atoms with Crippen molar-refractivity contribution in [1.29, 1.82) is 0 Å². The molecule has 3 nitrogen and oxygen atoms in total. The van der Waals surface area contributed by atoms with Gasteiger partial charge in [-0.2, -0.15) is 0 Å². The molecule has 1 atom stereocenters. The summed E-state index contributed by atoms with van der Waals surface area (Å²) in [5, 5.41) is 0. The van der Waals surface area contributed by atoms with Crippen molar-refractivity contribution in [2.75, 3.05) is 19.8 Å². The first-order chi connectivity index (χ1) is 9.68. The van der Waals surface area contributed by atoms with E-state index in [1.807, 2.05) is 39.0 Å². The molecule has 0 N–H and O–H groups in total. The van der Waals surface area contributed by atoms with Crippen LogP contribution in [0.4, 0.5) is 0 Å². The van der Waals surface area contributed by atoms with Crippen molar-refractivity contribution >= 4 is 14.9 Å². The molecule has 0 aliphatic heterocycles. The van der Waals surface area contributed by atoms with Crippen molar-refractivity contribution < 1.29 is 13.3 Å². The SMILES string of the molecule is CCO[Si](OCC)(OCC)[C@H](C)/C=C/c1ccccc1. The normalized spacial score (nSPS) is 13.8. The molecule has 0 saturated carbocycles. The highest BCUT2D eigenvalue weighted by molar-refractivity contribution is 6.63. The molecule has 1 aromatic rings. The molecule has 20 heavy (non-hydrogen) atoms. The Morgan fingerprint density at radius 1 is 0.950 bits per heavy atom. The van der Waals surface area contributed by atoms with E-state index >= 15 is 0 Å². The third-order valence-corrected chi connectivity index (χ3v) is 6.35. The highest BCUT2D eigenvalue weighted by Crippen LogP contribution is 2.27. The lowest BCUT2D eigenvalue weighted by Gasteiger charge is -2.32. The van der Waals surface area contributed by atoms with E-state index in [9.17, 15) is 0 Å². The highest BCUT2D eigenvalue weighted by atomic mass is 28.4. The predicted octanol–water partition coefficient (Wildman–Crippen LogP) is 4.14. The average Bonchev–Trinajstić information content (AvgIpc) is 2.46. The molecule has 0 spiro atoms. The third-order valence-electron chi connectivity index (χ3n) is 2.97. The van der Waals surface area contributed by atoms with Crippen molar-refractivity contribution in [3.8, 4) is 0 Å². The second-order valence-corrected chi connectivity index (χ2v) is 7.44. The Morgan fingerprint density at radius 3 is 1.90 bits per heavy atom. The molecule has 0 radical (unpaired) electrons. The van der Waals surface area contributed by atoms with Gasteiger partial charge in [-0.05, 0) is 26.3 Å². The number of benzene rings is 1. The minimum absolute atomic E-state index is 0.127. The number of hydrogen-bond acceptors (Lipinski definition) is 3. The van der Waals surface area contributed by atoms with Gasteiger partial charge >= 0.3 is 8.80 Å². The molecule has 1 aromatic carbocycles. The van der Waals surface area contributed by atoms with Crippen LogP contribution in [-0.4, -0.2) is 28.6 Å². The van der Waals surface area contributed by atoms with Crippen molar-refractivity contribution in [2.24, 2.45) is 0 Å². The van der Waals surface area contributed by atoms with Gasteiger partial charge in [0.2, 0.25) is 0 Å². The average molecular weight is 294 g/mol.